The maximum Gasteiger partial charge on any atom is 0.573 e. The first-order valence-corrected chi connectivity index (χ1v) is 14.5. The molecule has 3 aromatic carbocycles. The third-order valence-electron chi connectivity index (χ3n) is 6.40. The lowest BCUT2D eigenvalue weighted by Crippen LogP contribution is -2.33. The van der Waals surface area contributed by atoms with Gasteiger partial charge >= 0.3 is 12.5 Å². The van der Waals surface area contributed by atoms with Gasteiger partial charge in [0.2, 0.25) is 5.91 Å². The van der Waals surface area contributed by atoms with Crippen LogP contribution in [0.3, 0.4) is 0 Å². The fourth-order valence-electron chi connectivity index (χ4n) is 4.25. The Balaban J connectivity index is 1.69. The highest BCUT2D eigenvalue weighted by Gasteiger charge is 2.35. The summed E-state index contributed by atoms with van der Waals surface area (Å²) in [5.74, 6) is -1.41. The number of ether oxygens (including phenoxy) is 1. The first-order valence-electron chi connectivity index (χ1n) is 13.5. The molecule has 4 rings (SSSR count). The maximum atomic E-state index is 14.2. The molecule has 2 amide bonds. The molecule has 0 fully saturated rings. The lowest BCUT2D eigenvalue weighted by molar-refractivity contribution is -0.274. The number of hydrazone groups is 1. The molecule has 0 bridgehead atoms. The van der Waals surface area contributed by atoms with Crippen LogP contribution in [-0.4, -0.2) is 60.2 Å². The number of benzene rings is 3. The van der Waals surface area contributed by atoms with Crippen LogP contribution in [0.5, 0.6) is 5.75 Å². The van der Waals surface area contributed by atoms with Crippen LogP contribution in [0.15, 0.2) is 89.0 Å². The number of nitrogens with one attached hydrogen (secondary N) is 2. The molecule has 0 spiro atoms. The third-order valence-corrected chi connectivity index (χ3v) is 7.58. The van der Waals surface area contributed by atoms with Gasteiger partial charge in [0.1, 0.15) is 5.75 Å². The van der Waals surface area contributed by atoms with Crippen LogP contribution in [0.1, 0.15) is 27.9 Å². The third kappa shape index (κ3) is 9.36. The number of rotatable bonds is 11. The minimum absolute atomic E-state index is 0.0352. The number of carbonyl (C=O) groups excluding carboxylic acids is 2. The summed E-state index contributed by atoms with van der Waals surface area (Å²) in [5.41, 5.74) is 0.991. The Bertz CT molecular complexity index is 1700. The second-order valence-corrected chi connectivity index (χ2v) is 11.1. The molecule has 46 heavy (non-hydrogen) atoms. The number of pyridine rings is 1. The molecule has 1 heterocycles. The van der Waals surface area contributed by atoms with E-state index in [1.807, 2.05) is 30.3 Å². The van der Waals surface area contributed by atoms with Gasteiger partial charge in [0.15, 0.2) is 0 Å². The second-order valence-electron chi connectivity index (χ2n) is 10.0. The molecule has 2 N–H and O–H groups in total. The molecule has 0 aliphatic heterocycles. The standard InChI is InChI=1S/C31H27F6N5O3S/c1-42(2)26(43)15-20(18-46-22-7-4-3-5-8-22)40-28-23(17-38-25-10-6-9-24(27(25)28)30(32,33)34)29(44)41-39-16-19-11-13-21(14-12-19)45-31(35,36)37/h3-14,16-17,20H,15,18H2,1-2H3,(H,38,40)(H,41,44)/b39-16+. The zero-order valence-electron chi connectivity index (χ0n) is 24.3. The Morgan fingerprint density at radius 3 is 2.30 bits per heavy atom. The minimum Gasteiger partial charge on any atom is -0.406 e. The van der Waals surface area contributed by atoms with Crippen LogP contribution < -0.4 is 15.5 Å². The summed E-state index contributed by atoms with van der Waals surface area (Å²) >= 11 is 1.38. The van der Waals surface area contributed by atoms with Crippen molar-refractivity contribution < 1.29 is 40.7 Å². The molecule has 0 radical (unpaired) electrons. The van der Waals surface area contributed by atoms with E-state index < -0.39 is 35.8 Å². The Kier molecular flexibility index (Phi) is 10.8. The SMILES string of the molecule is CN(C)C(=O)CC(CSc1ccccc1)Nc1c(C(=O)N/N=C/c2ccc(OC(F)(F)F)cc2)cnc2cccc(C(F)(F)F)c12. The minimum atomic E-state index is -4.87. The number of aromatic nitrogens is 1. The fourth-order valence-corrected chi connectivity index (χ4v) is 5.19. The average Bonchev–Trinajstić information content (AvgIpc) is 2.99. The highest BCUT2D eigenvalue weighted by atomic mass is 32.2. The summed E-state index contributed by atoms with van der Waals surface area (Å²) in [5, 5.41) is 6.50. The van der Waals surface area contributed by atoms with Crippen molar-refractivity contribution in [2.24, 2.45) is 5.10 Å². The summed E-state index contributed by atoms with van der Waals surface area (Å²) in [7, 11) is 3.11. The predicted octanol–water partition coefficient (Wildman–Crippen LogP) is 6.97. The van der Waals surface area contributed by atoms with Gasteiger partial charge in [-0.2, -0.15) is 18.3 Å². The molecular weight excluding hydrogens is 636 g/mol. The van der Waals surface area contributed by atoms with Crippen LogP contribution in [0.2, 0.25) is 0 Å². The van der Waals surface area contributed by atoms with Crippen molar-refractivity contribution in [1.82, 2.24) is 15.3 Å². The summed E-state index contributed by atoms with van der Waals surface area (Å²) in [4.78, 5) is 32.4. The van der Waals surface area contributed by atoms with E-state index in [0.29, 0.717) is 5.56 Å². The molecule has 0 saturated heterocycles. The van der Waals surface area contributed by atoms with Gasteiger partial charge in [-0.25, -0.2) is 5.43 Å². The van der Waals surface area contributed by atoms with E-state index in [-0.39, 0.29) is 40.2 Å². The molecule has 242 valence electrons. The molecule has 8 nitrogen and oxygen atoms in total. The second kappa shape index (κ2) is 14.5. The summed E-state index contributed by atoms with van der Waals surface area (Å²) in [6.07, 6.45) is -7.53. The lowest BCUT2D eigenvalue weighted by Gasteiger charge is -2.24. The number of carbonyl (C=O) groups is 2. The van der Waals surface area contributed by atoms with E-state index in [1.54, 1.807) is 14.1 Å². The van der Waals surface area contributed by atoms with Gasteiger partial charge in [0.05, 0.1) is 28.5 Å². The number of thioether (sulfide) groups is 1. The highest BCUT2D eigenvalue weighted by molar-refractivity contribution is 7.99. The van der Waals surface area contributed by atoms with Gasteiger partial charge in [-0.1, -0.05) is 24.3 Å². The Morgan fingerprint density at radius 1 is 0.978 bits per heavy atom. The summed E-state index contributed by atoms with van der Waals surface area (Å²) in [6.45, 7) is 0. The molecule has 1 aromatic heterocycles. The Morgan fingerprint density at radius 2 is 1.67 bits per heavy atom. The van der Waals surface area contributed by atoms with Crippen molar-refractivity contribution in [2.75, 3.05) is 25.2 Å². The number of hydrogen-bond donors (Lipinski definition) is 2. The van der Waals surface area contributed by atoms with Crippen molar-refractivity contribution in [3.05, 3.63) is 95.7 Å². The van der Waals surface area contributed by atoms with E-state index in [0.717, 1.165) is 35.5 Å². The van der Waals surface area contributed by atoms with Crippen molar-refractivity contribution in [3.63, 3.8) is 0 Å². The van der Waals surface area contributed by atoms with Gasteiger partial charge in [-0.15, -0.1) is 24.9 Å². The van der Waals surface area contributed by atoms with E-state index in [9.17, 15) is 35.9 Å². The number of alkyl halides is 6. The average molecular weight is 664 g/mol. The van der Waals surface area contributed by atoms with Crippen LogP contribution in [0.25, 0.3) is 10.9 Å². The topological polar surface area (TPSA) is 95.9 Å². The molecular formula is C31H27F6N5O3S. The number of hydrogen-bond acceptors (Lipinski definition) is 7. The van der Waals surface area contributed by atoms with E-state index >= 15 is 0 Å². The van der Waals surface area contributed by atoms with E-state index in [4.69, 9.17) is 0 Å². The fraction of sp³-hybridized carbons (Fsp3) is 0.226. The van der Waals surface area contributed by atoms with Gasteiger partial charge in [-0.05, 0) is 54.1 Å². The van der Waals surface area contributed by atoms with Crippen molar-refractivity contribution in [3.8, 4) is 5.75 Å². The largest absolute Gasteiger partial charge is 0.573 e. The molecule has 1 unspecified atom stereocenters. The normalized spacial score (nSPS) is 12.6. The lowest BCUT2D eigenvalue weighted by atomic mass is 10.0. The van der Waals surface area contributed by atoms with E-state index in [1.165, 1.54) is 40.9 Å². The quantitative estimate of drug-likeness (QED) is 0.0780. The monoisotopic (exact) mass is 663 g/mol. The first-order chi connectivity index (χ1) is 21.7. The zero-order valence-corrected chi connectivity index (χ0v) is 25.1. The van der Waals surface area contributed by atoms with Gasteiger partial charge in [0, 0.05) is 48.8 Å². The van der Waals surface area contributed by atoms with Crippen LogP contribution in [0, 0.1) is 0 Å². The van der Waals surface area contributed by atoms with Crippen molar-refractivity contribution in [1.29, 1.82) is 0 Å². The first kappa shape index (κ1) is 34.1. The Hall–Kier alpha value is -4.79. The molecule has 4 aromatic rings. The van der Waals surface area contributed by atoms with E-state index in [2.05, 4.69) is 25.6 Å². The molecule has 0 aliphatic carbocycles. The molecule has 0 saturated carbocycles. The van der Waals surface area contributed by atoms with Crippen LogP contribution >= 0.6 is 11.8 Å². The Labute approximate surface area is 263 Å². The van der Waals surface area contributed by atoms with Gasteiger partial charge in [0.25, 0.3) is 5.91 Å². The number of anilines is 1. The molecule has 15 heteroatoms. The highest BCUT2D eigenvalue weighted by Crippen LogP contribution is 2.39. The van der Waals surface area contributed by atoms with Crippen molar-refractivity contribution in [2.45, 2.75) is 29.9 Å². The zero-order chi connectivity index (χ0) is 33.5. The number of fused-ring (bicyclic) bond motifs is 1. The van der Waals surface area contributed by atoms with Gasteiger partial charge < -0.3 is 15.0 Å². The maximum absolute atomic E-state index is 14.2. The predicted molar refractivity (Wildman–Crippen MR) is 163 cm³/mol. The summed E-state index contributed by atoms with van der Waals surface area (Å²) in [6, 6.07) is 16.5. The van der Waals surface area contributed by atoms with Gasteiger partial charge in [-0.3, -0.25) is 14.6 Å². The van der Waals surface area contributed by atoms with Crippen LogP contribution in [-0.2, 0) is 11.0 Å². The molecule has 1 atom stereocenters. The number of nitrogens with zero attached hydrogens (tertiary/aromatic N) is 3. The summed E-state index contributed by atoms with van der Waals surface area (Å²) < 4.78 is 83.8. The molecule has 0 aliphatic rings. The smallest absolute Gasteiger partial charge is 0.406 e. The number of amides is 2. The van der Waals surface area contributed by atoms with Crippen LogP contribution in [0.4, 0.5) is 32.0 Å². The van der Waals surface area contributed by atoms with Crippen molar-refractivity contribution >= 4 is 46.4 Å². The number of halogens is 6.